The van der Waals surface area contributed by atoms with E-state index in [2.05, 4.69) is 4.72 Å². The highest BCUT2D eigenvalue weighted by molar-refractivity contribution is 7.89. The van der Waals surface area contributed by atoms with Crippen LogP contribution in [0.25, 0.3) is 0 Å². The van der Waals surface area contributed by atoms with Crippen molar-refractivity contribution in [3.05, 3.63) is 29.8 Å². The predicted octanol–water partition coefficient (Wildman–Crippen LogP) is 1.67. The Hall–Kier alpha value is -1.73. The molecule has 0 aliphatic rings. The van der Waals surface area contributed by atoms with E-state index in [4.69, 9.17) is 5.11 Å². The average Bonchev–Trinajstić information content (AvgIpc) is 2.43. The topological polar surface area (TPSA) is 101 Å². The zero-order valence-corrected chi connectivity index (χ0v) is 13.0. The first kappa shape index (κ1) is 17.3. The SMILES string of the molecule is CCC(C)[C@H](NS(=O)(=O)c1cccc(C(C)=O)c1)C(=O)O. The van der Waals surface area contributed by atoms with Gasteiger partial charge in [-0.25, -0.2) is 8.42 Å². The lowest BCUT2D eigenvalue weighted by Crippen LogP contribution is -2.44. The van der Waals surface area contributed by atoms with Crippen LogP contribution in [0.1, 0.15) is 37.6 Å². The lowest BCUT2D eigenvalue weighted by molar-refractivity contribution is -0.140. The second-order valence-electron chi connectivity index (χ2n) is 4.91. The number of carboxylic acid groups (broad SMARTS) is 1. The molecule has 1 aromatic rings. The minimum atomic E-state index is -4.00. The molecule has 116 valence electrons. The van der Waals surface area contributed by atoms with Gasteiger partial charge in [-0.3, -0.25) is 9.59 Å². The minimum Gasteiger partial charge on any atom is -0.480 e. The molecule has 0 amide bonds. The molecule has 6 nitrogen and oxygen atoms in total. The van der Waals surface area contributed by atoms with Gasteiger partial charge in [-0.15, -0.1) is 0 Å². The van der Waals surface area contributed by atoms with Gasteiger partial charge in [-0.1, -0.05) is 32.4 Å². The van der Waals surface area contributed by atoms with E-state index in [0.717, 1.165) is 0 Å². The molecular formula is C14H19NO5S. The van der Waals surface area contributed by atoms with E-state index in [-0.39, 0.29) is 22.2 Å². The molecule has 1 aromatic carbocycles. The number of sulfonamides is 1. The maximum atomic E-state index is 12.3. The maximum Gasteiger partial charge on any atom is 0.322 e. The van der Waals surface area contributed by atoms with E-state index >= 15 is 0 Å². The highest BCUT2D eigenvalue weighted by Gasteiger charge is 2.29. The largest absolute Gasteiger partial charge is 0.480 e. The zero-order valence-electron chi connectivity index (χ0n) is 12.2. The van der Waals surface area contributed by atoms with Crippen LogP contribution in [0, 0.1) is 5.92 Å². The van der Waals surface area contributed by atoms with Crippen LogP contribution in [0.15, 0.2) is 29.2 Å². The van der Waals surface area contributed by atoms with E-state index in [1.165, 1.54) is 31.2 Å². The normalized spacial score (nSPS) is 14.4. The molecule has 0 heterocycles. The Balaban J connectivity index is 3.13. The molecule has 1 rings (SSSR count). The Morgan fingerprint density at radius 1 is 1.33 bits per heavy atom. The van der Waals surface area contributed by atoms with Gasteiger partial charge in [0.05, 0.1) is 4.90 Å². The van der Waals surface area contributed by atoms with E-state index in [0.29, 0.717) is 6.42 Å². The van der Waals surface area contributed by atoms with Crippen LogP contribution >= 0.6 is 0 Å². The second-order valence-corrected chi connectivity index (χ2v) is 6.62. The molecule has 2 atom stereocenters. The number of aliphatic carboxylic acids is 1. The lowest BCUT2D eigenvalue weighted by atomic mass is 10.0. The summed E-state index contributed by atoms with van der Waals surface area (Å²) in [6.07, 6.45) is 0.521. The van der Waals surface area contributed by atoms with Crippen molar-refractivity contribution >= 4 is 21.8 Å². The Labute approximate surface area is 124 Å². The van der Waals surface area contributed by atoms with Gasteiger partial charge in [0.15, 0.2) is 5.78 Å². The van der Waals surface area contributed by atoms with Gasteiger partial charge < -0.3 is 5.11 Å². The number of carbonyl (C=O) groups is 2. The van der Waals surface area contributed by atoms with Crippen LogP contribution in [-0.2, 0) is 14.8 Å². The number of nitrogens with one attached hydrogen (secondary N) is 1. The van der Waals surface area contributed by atoms with E-state index in [9.17, 15) is 18.0 Å². The van der Waals surface area contributed by atoms with Crippen LogP contribution in [0.2, 0.25) is 0 Å². The molecule has 0 radical (unpaired) electrons. The van der Waals surface area contributed by atoms with Crippen LogP contribution in [0.3, 0.4) is 0 Å². The molecule has 0 fully saturated rings. The molecule has 7 heteroatoms. The quantitative estimate of drug-likeness (QED) is 0.746. The molecule has 0 aliphatic heterocycles. The van der Waals surface area contributed by atoms with Crippen molar-refractivity contribution in [3.63, 3.8) is 0 Å². The van der Waals surface area contributed by atoms with Gasteiger partial charge in [0.2, 0.25) is 10.0 Å². The van der Waals surface area contributed by atoms with E-state index in [1.807, 2.05) is 0 Å². The summed E-state index contributed by atoms with van der Waals surface area (Å²) >= 11 is 0. The minimum absolute atomic E-state index is 0.121. The zero-order chi connectivity index (χ0) is 16.2. The number of carbonyl (C=O) groups excluding carboxylic acids is 1. The third kappa shape index (κ3) is 4.37. The fraction of sp³-hybridized carbons (Fsp3) is 0.429. The van der Waals surface area contributed by atoms with Crippen molar-refractivity contribution in [1.29, 1.82) is 0 Å². The highest BCUT2D eigenvalue weighted by Crippen LogP contribution is 2.15. The predicted molar refractivity (Wildman–Crippen MR) is 77.6 cm³/mol. The molecule has 21 heavy (non-hydrogen) atoms. The fourth-order valence-electron chi connectivity index (χ4n) is 1.76. The van der Waals surface area contributed by atoms with Gasteiger partial charge in [-0.2, -0.15) is 4.72 Å². The van der Waals surface area contributed by atoms with Gasteiger partial charge in [0, 0.05) is 5.56 Å². The monoisotopic (exact) mass is 313 g/mol. The third-order valence-electron chi connectivity index (χ3n) is 3.31. The maximum absolute atomic E-state index is 12.3. The highest BCUT2D eigenvalue weighted by atomic mass is 32.2. The first-order valence-corrected chi connectivity index (χ1v) is 8.03. The van der Waals surface area contributed by atoms with Gasteiger partial charge in [0.25, 0.3) is 0 Å². The number of hydrogen-bond donors (Lipinski definition) is 2. The Bertz CT molecular complexity index is 639. The number of Topliss-reactive ketones (excluding diaryl/α,β-unsaturated/α-hetero) is 1. The summed E-state index contributed by atoms with van der Waals surface area (Å²) in [5, 5.41) is 9.15. The fourth-order valence-corrected chi connectivity index (χ4v) is 3.11. The summed E-state index contributed by atoms with van der Waals surface area (Å²) in [7, 11) is -4.00. The van der Waals surface area contributed by atoms with Crippen molar-refractivity contribution in [2.75, 3.05) is 0 Å². The molecule has 2 N–H and O–H groups in total. The van der Waals surface area contributed by atoms with Crippen LogP contribution < -0.4 is 4.72 Å². The number of ketones is 1. The van der Waals surface area contributed by atoms with Gasteiger partial charge >= 0.3 is 5.97 Å². The lowest BCUT2D eigenvalue weighted by Gasteiger charge is -2.20. The van der Waals surface area contributed by atoms with Crippen molar-refractivity contribution in [1.82, 2.24) is 4.72 Å². The summed E-state index contributed by atoms with van der Waals surface area (Å²) in [4.78, 5) is 22.4. The molecule has 1 unspecified atom stereocenters. The van der Waals surface area contributed by atoms with Crippen LogP contribution in [-0.4, -0.2) is 31.3 Å². The smallest absolute Gasteiger partial charge is 0.322 e. The van der Waals surface area contributed by atoms with Gasteiger partial charge in [0.1, 0.15) is 6.04 Å². The molecule has 0 aliphatic carbocycles. The summed E-state index contributed by atoms with van der Waals surface area (Å²) in [5.41, 5.74) is 0.258. The molecule has 0 saturated heterocycles. The first-order valence-electron chi connectivity index (χ1n) is 6.55. The Kier molecular flexibility index (Phi) is 5.62. The van der Waals surface area contributed by atoms with Gasteiger partial charge in [-0.05, 0) is 25.0 Å². The van der Waals surface area contributed by atoms with Crippen LogP contribution in [0.5, 0.6) is 0 Å². The van der Waals surface area contributed by atoms with E-state index < -0.39 is 22.0 Å². The second kappa shape index (κ2) is 6.82. The molecule has 0 saturated carbocycles. The van der Waals surface area contributed by atoms with Crippen molar-refractivity contribution in [2.45, 2.75) is 38.1 Å². The molecule has 0 bridgehead atoms. The number of rotatable bonds is 7. The summed E-state index contributed by atoms with van der Waals surface area (Å²) in [6, 6.07) is 4.31. The summed E-state index contributed by atoms with van der Waals surface area (Å²) in [6.45, 7) is 4.77. The van der Waals surface area contributed by atoms with E-state index in [1.54, 1.807) is 13.8 Å². The average molecular weight is 313 g/mol. The molecule has 0 spiro atoms. The summed E-state index contributed by atoms with van der Waals surface area (Å²) < 4.78 is 26.7. The summed E-state index contributed by atoms with van der Waals surface area (Å²) in [5.74, 6) is -1.84. The molecular weight excluding hydrogens is 294 g/mol. The van der Waals surface area contributed by atoms with Crippen molar-refractivity contribution in [2.24, 2.45) is 5.92 Å². The number of hydrogen-bond acceptors (Lipinski definition) is 4. The third-order valence-corrected chi connectivity index (χ3v) is 4.75. The van der Waals surface area contributed by atoms with Crippen LogP contribution in [0.4, 0.5) is 0 Å². The number of benzene rings is 1. The first-order chi connectivity index (χ1) is 9.69. The Morgan fingerprint density at radius 2 is 1.95 bits per heavy atom. The standard InChI is InChI=1S/C14H19NO5S/c1-4-9(2)13(14(17)18)15-21(19,20)12-7-5-6-11(8-12)10(3)16/h5-9,13,15H,4H2,1-3H3,(H,17,18)/t9?,13-/m0/s1. The number of carboxylic acids is 1. The Morgan fingerprint density at radius 3 is 2.43 bits per heavy atom. The van der Waals surface area contributed by atoms with Crippen molar-refractivity contribution < 1.29 is 23.1 Å². The molecule has 0 aromatic heterocycles. The van der Waals surface area contributed by atoms with Crippen molar-refractivity contribution in [3.8, 4) is 0 Å².